The van der Waals surface area contributed by atoms with Gasteiger partial charge in [-0.05, 0) is 30.3 Å². The fourth-order valence-corrected chi connectivity index (χ4v) is 2.88. The third kappa shape index (κ3) is 4.06. The molecule has 3 rings (SSSR count). The average molecular weight is 412 g/mol. The average Bonchev–Trinajstić information content (AvgIpc) is 2.68. The summed E-state index contributed by atoms with van der Waals surface area (Å²) in [4.78, 5) is 7.52. The van der Waals surface area contributed by atoms with Crippen molar-refractivity contribution in [3.8, 4) is 17.7 Å². The monoisotopic (exact) mass is 412 g/mol. The highest BCUT2D eigenvalue weighted by Crippen LogP contribution is 2.42. The fourth-order valence-electron chi connectivity index (χ4n) is 2.88. The molecular weight excluding hydrogens is 399 g/mol. The Labute approximate surface area is 161 Å². The first kappa shape index (κ1) is 20.3. The highest BCUT2D eigenvalue weighted by molar-refractivity contribution is 5.73. The van der Waals surface area contributed by atoms with Crippen molar-refractivity contribution in [1.29, 1.82) is 5.26 Å². The van der Waals surface area contributed by atoms with Crippen molar-refractivity contribution < 1.29 is 31.4 Å². The number of ether oxygens (including phenoxy) is 2. The van der Waals surface area contributed by atoms with Gasteiger partial charge in [-0.25, -0.2) is 18.8 Å². The van der Waals surface area contributed by atoms with Gasteiger partial charge in [0.1, 0.15) is 35.4 Å². The van der Waals surface area contributed by atoms with Gasteiger partial charge in [-0.1, -0.05) is 0 Å². The topological polar surface area (TPSA) is 93.5 Å². The van der Waals surface area contributed by atoms with Gasteiger partial charge in [0, 0.05) is 18.2 Å². The molecule has 1 aromatic heterocycles. The van der Waals surface area contributed by atoms with Gasteiger partial charge in [-0.15, -0.1) is 0 Å². The minimum Gasteiger partial charge on any atom is -0.452 e. The summed E-state index contributed by atoms with van der Waals surface area (Å²) in [6.45, 7) is -1.46. The summed E-state index contributed by atoms with van der Waals surface area (Å²) in [5, 5.41) is 9.08. The lowest BCUT2D eigenvalue weighted by Gasteiger charge is -2.36. The van der Waals surface area contributed by atoms with Crippen molar-refractivity contribution in [2.24, 2.45) is 10.7 Å². The maximum atomic E-state index is 14.5. The molecule has 0 saturated heterocycles. The largest absolute Gasteiger partial charge is 0.452 e. The number of halogens is 5. The standard InChI is InChI=1S/C18H13F5N4O2/c19-9-17(7-14(18(21,22)23)29-16(25)27-17)12-6-11(3-4-13(12)20)28-15-10(8-24)2-1-5-26-15/h1-6,14H,7,9H2,(H2,25,27). The normalized spacial score (nSPS) is 21.7. The number of pyridine rings is 1. The van der Waals surface area contributed by atoms with Crippen molar-refractivity contribution in [2.75, 3.05) is 6.67 Å². The molecule has 1 aromatic carbocycles. The third-order valence-electron chi connectivity index (χ3n) is 4.24. The van der Waals surface area contributed by atoms with E-state index in [0.717, 1.165) is 18.2 Å². The molecule has 11 heteroatoms. The molecule has 0 fully saturated rings. The second-order valence-electron chi connectivity index (χ2n) is 6.18. The third-order valence-corrected chi connectivity index (χ3v) is 4.24. The molecule has 1 aliphatic heterocycles. The summed E-state index contributed by atoms with van der Waals surface area (Å²) >= 11 is 0. The molecule has 29 heavy (non-hydrogen) atoms. The van der Waals surface area contributed by atoms with Gasteiger partial charge in [0.25, 0.3) is 6.02 Å². The minimum atomic E-state index is -4.86. The molecule has 2 aromatic rings. The van der Waals surface area contributed by atoms with Gasteiger partial charge in [-0.2, -0.15) is 18.4 Å². The molecule has 2 N–H and O–H groups in total. The summed E-state index contributed by atoms with van der Waals surface area (Å²) in [6.07, 6.45) is -6.98. The van der Waals surface area contributed by atoms with E-state index in [1.807, 2.05) is 6.07 Å². The second-order valence-corrected chi connectivity index (χ2v) is 6.18. The van der Waals surface area contributed by atoms with Gasteiger partial charge in [0.2, 0.25) is 5.88 Å². The lowest BCUT2D eigenvalue weighted by molar-refractivity contribution is -0.209. The van der Waals surface area contributed by atoms with Gasteiger partial charge in [0.15, 0.2) is 6.10 Å². The van der Waals surface area contributed by atoms with Crippen molar-refractivity contribution in [3.05, 3.63) is 53.5 Å². The first-order valence-electron chi connectivity index (χ1n) is 8.16. The molecule has 0 saturated carbocycles. The van der Waals surface area contributed by atoms with Gasteiger partial charge >= 0.3 is 6.18 Å². The van der Waals surface area contributed by atoms with Crippen LogP contribution in [0.15, 0.2) is 41.5 Å². The van der Waals surface area contributed by atoms with Crippen LogP contribution in [0.4, 0.5) is 22.0 Å². The quantitative estimate of drug-likeness (QED) is 0.773. The molecule has 0 radical (unpaired) electrons. The van der Waals surface area contributed by atoms with Crippen LogP contribution in [0, 0.1) is 17.1 Å². The molecule has 0 bridgehead atoms. The molecule has 0 amide bonds. The molecule has 2 heterocycles. The van der Waals surface area contributed by atoms with E-state index in [1.54, 1.807) is 0 Å². The highest BCUT2D eigenvalue weighted by Gasteiger charge is 2.52. The smallest absolute Gasteiger partial charge is 0.425 e. The maximum Gasteiger partial charge on any atom is 0.425 e. The Kier molecular flexibility index (Phi) is 5.28. The molecule has 152 valence electrons. The highest BCUT2D eigenvalue weighted by atomic mass is 19.4. The van der Waals surface area contributed by atoms with Gasteiger partial charge in [0.05, 0.1) is 0 Å². The molecule has 1 aliphatic rings. The minimum absolute atomic E-state index is 0.0732. The number of hydrogen-bond donors (Lipinski definition) is 1. The first-order chi connectivity index (χ1) is 13.7. The predicted molar refractivity (Wildman–Crippen MR) is 90.2 cm³/mol. The van der Waals surface area contributed by atoms with Crippen LogP contribution in [0.25, 0.3) is 0 Å². The maximum absolute atomic E-state index is 14.5. The van der Waals surface area contributed by atoms with Crippen LogP contribution >= 0.6 is 0 Å². The van der Waals surface area contributed by atoms with Crippen molar-refractivity contribution in [2.45, 2.75) is 24.2 Å². The molecular formula is C18H13F5N4O2. The lowest BCUT2D eigenvalue weighted by Crippen LogP contribution is -2.48. The number of rotatable bonds is 4. The van der Waals surface area contributed by atoms with E-state index >= 15 is 0 Å². The Balaban J connectivity index is 2.04. The Morgan fingerprint density at radius 2 is 2.10 bits per heavy atom. The predicted octanol–water partition coefficient (Wildman–Crippen LogP) is 3.72. The van der Waals surface area contributed by atoms with Crippen LogP contribution in [-0.4, -0.2) is 30.0 Å². The number of benzene rings is 1. The van der Waals surface area contributed by atoms with Crippen LogP contribution in [-0.2, 0) is 10.3 Å². The van der Waals surface area contributed by atoms with Crippen LogP contribution in [0.3, 0.4) is 0 Å². The van der Waals surface area contributed by atoms with E-state index in [1.165, 1.54) is 18.3 Å². The Bertz CT molecular complexity index is 989. The van der Waals surface area contributed by atoms with E-state index in [-0.39, 0.29) is 17.2 Å². The summed E-state index contributed by atoms with van der Waals surface area (Å²) in [7, 11) is 0. The SMILES string of the molecule is N#Cc1cccnc1Oc1ccc(F)c(C2(CF)CC(C(F)(F)F)OC(N)=N2)c1. The number of nitrogens with zero attached hydrogens (tertiary/aromatic N) is 3. The first-order valence-corrected chi connectivity index (χ1v) is 8.16. The van der Waals surface area contributed by atoms with E-state index in [0.29, 0.717) is 0 Å². The molecule has 2 atom stereocenters. The molecule has 0 aliphatic carbocycles. The van der Waals surface area contributed by atoms with E-state index in [9.17, 15) is 22.0 Å². The zero-order valence-electron chi connectivity index (χ0n) is 14.6. The van der Waals surface area contributed by atoms with Crippen LogP contribution in [0.1, 0.15) is 17.5 Å². The van der Waals surface area contributed by atoms with Crippen LogP contribution in [0.5, 0.6) is 11.6 Å². The Morgan fingerprint density at radius 3 is 2.76 bits per heavy atom. The summed E-state index contributed by atoms with van der Waals surface area (Å²) < 4.78 is 77.8. The lowest BCUT2D eigenvalue weighted by atomic mass is 9.84. The van der Waals surface area contributed by atoms with Gasteiger partial charge in [-0.3, -0.25) is 0 Å². The number of aromatic nitrogens is 1. The Hall–Kier alpha value is -3.42. The molecule has 6 nitrogen and oxygen atoms in total. The summed E-state index contributed by atoms with van der Waals surface area (Å²) in [5.41, 5.74) is 2.65. The van der Waals surface area contributed by atoms with Gasteiger partial charge < -0.3 is 15.2 Å². The summed E-state index contributed by atoms with van der Waals surface area (Å²) in [6, 6.07) is 6.92. The fraction of sp³-hybridized carbons (Fsp3) is 0.278. The molecule has 0 spiro atoms. The number of aliphatic imine (C=N–C) groups is 1. The van der Waals surface area contributed by atoms with E-state index in [2.05, 4.69) is 14.7 Å². The molecule has 2 unspecified atom stereocenters. The van der Waals surface area contributed by atoms with E-state index < -0.39 is 48.3 Å². The zero-order chi connectivity index (χ0) is 21.2. The number of nitriles is 1. The second kappa shape index (κ2) is 7.54. The van der Waals surface area contributed by atoms with Crippen molar-refractivity contribution in [3.63, 3.8) is 0 Å². The number of alkyl halides is 4. The number of amidine groups is 1. The van der Waals surface area contributed by atoms with Crippen molar-refractivity contribution >= 4 is 6.02 Å². The van der Waals surface area contributed by atoms with Crippen molar-refractivity contribution in [1.82, 2.24) is 4.98 Å². The van der Waals surface area contributed by atoms with Crippen LogP contribution < -0.4 is 10.5 Å². The summed E-state index contributed by atoms with van der Waals surface area (Å²) in [5.74, 6) is -1.19. The number of nitrogens with two attached hydrogens (primary N) is 1. The number of hydrogen-bond acceptors (Lipinski definition) is 6. The van der Waals surface area contributed by atoms with E-state index in [4.69, 9.17) is 15.7 Å². The zero-order valence-corrected chi connectivity index (χ0v) is 14.6. The van der Waals surface area contributed by atoms with Crippen LogP contribution in [0.2, 0.25) is 0 Å². The Morgan fingerprint density at radius 1 is 1.34 bits per heavy atom.